The van der Waals surface area contributed by atoms with E-state index < -0.39 is 10.0 Å². The van der Waals surface area contributed by atoms with Crippen LogP contribution in [0.4, 0.5) is 0 Å². The number of nitrogens with zero attached hydrogens (tertiary/aromatic N) is 1. The lowest BCUT2D eigenvalue weighted by atomic mass is 10.1. The number of carbonyl (C=O) groups is 2. The van der Waals surface area contributed by atoms with Gasteiger partial charge in [0.2, 0.25) is 15.9 Å². The second-order valence-corrected chi connectivity index (χ2v) is 8.63. The Hall–Kier alpha value is -1.73. The average molecular weight is 366 g/mol. The number of ketones is 1. The number of piperidine rings is 1. The fourth-order valence-electron chi connectivity index (χ4n) is 2.85. The molecule has 0 unspecified atom stereocenters. The molecule has 0 bridgehead atoms. The highest BCUT2D eigenvalue weighted by Gasteiger charge is 2.30. The normalized spacial score (nSPS) is 16.6. The van der Waals surface area contributed by atoms with Gasteiger partial charge in [-0.1, -0.05) is 6.07 Å². The smallest absolute Gasteiger partial charge is 0.243 e. The molecule has 2 rings (SSSR count). The number of aryl methyl sites for hydroxylation is 2. The van der Waals surface area contributed by atoms with E-state index in [4.69, 9.17) is 0 Å². The van der Waals surface area contributed by atoms with Crippen molar-refractivity contribution in [2.24, 2.45) is 0 Å². The third-order valence-electron chi connectivity index (χ3n) is 4.64. The van der Waals surface area contributed by atoms with E-state index in [1.807, 2.05) is 19.9 Å². The monoisotopic (exact) mass is 366 g/mol. The zero-order chi connectivity index (χ0) is 18.6. The van der Waals surface area contributed by atoms with Crippen LogP contribution in [0.5, 0.6) is 0 Å². The third kappa shape index (κ3) is 5.12. The van der Waals surface area contributed by atoms with Gasteiger partial charge >= 0.3 is 0 Å². The van der Waals surface area contributed by atoms with E-state index in [1.165, 1.54) is 11.2 Å². The topological polar surface area (TPSA) is 83.6 Å². The van der Waals surface area contributed by atoms with Crippen molar-refractivity contribution >= 4 is 21.7 Å². The van der Waals surface area contributed by atoms with Crippen LogP contribution in [-0.2, 0) is 19.6 Å². The molecule has 1 N–H and O–H groups in total. The summed E-state index contributed by atoms with van der Waals surface area (Å²) in [7, 11) is -3.50. The molecule has 1 aliphatic heterocycles. The maximum Gasteiger partial charge on any atom is 0.243 e. The number of amides is 1. The van der Waals surface area contributed by atoms with Crippen molar-refractivity contribution in [1.29, 1.82) is 0 Å². The molecule has 6 nitrogen and oxygen atoms in total. The minimum absolute atomic E-state index is 0.00976. The molecule has 0 radical (unpaired) electrons. The summed E-state index contributed by atoms with van der Waals surface area (Å²) in [4.78, 5) is 23.0. The Kier molecular flexibility index (Phi) is 6.35. The first-order valence-electron chi connectivity index (χ1n) is 8.56. The number of benzene rings is 1. The Labute approximate surface area is 149 Å². The Morgan fingerprint density at radius 3 is 2.32 bits per heavy atom. The van der Waals surface area contributed by atoms with Gasteiger partial charge in [0.1, 0.15) is 5.78 Å². The molecule has 138 valence electrons. The summed E-state index contributed by atoms with van der Waals surface area (Å²) >= 11 is 0. The van der Waals surface area contributed by atoms with Gasteiger partial charge in [0, 0.05) is 32.0 Å². The van der Waals surface area contributed by atoms with Crippen LogP contribution in [0.15, 0.2) is 23.1 Å². The summed E-state index contributed by atoms with van der Waals surface area (Å²) < 4.78 is 27.0. The number of hydrogen-bond donors (Lipinski definition) is 1. The highest BCUT2D eigenvalue weighted by molar-refractivity contribution is 7.89. The molecular formula is C18H26N2O4S. The summed E-state index contributed by atoms with van der Waals surface area (Å²) in [5.41, 5.74) is 2.01. The average Bonchev–Trinajstić information content (AvgIpc) is 2.56. The molecule has 1 aromatic carbocycles. The van der Waals surface area contributed by atoms with Crippen LogP contribution in [0.25, 0.3) is 0 Å². The molecule has 0 atom stereocenters. The SMILES string of the molecule is CC(=O)CCC(=O)NC1CCN(S(=O)(=O)c2ccc(C)c(C)c2)CC1. The molecule has 1 heterocycles. The van der Waals surface area contributed by atoms with Crippen molar-refractivity contribution in [3.05, 3.63) is 29.3 Å². The number of carbonyl (C=O) groups excluding carboxylic acids is 2. The molecule has 1 aliphatic rings. The van der Waals surface area contributed by atoms with Crippen LogP contribution >= 0.6 is 0 Å². The van der Waals surface area contributed by atoms with Gasteiger partial charge in [-0.2, -0.15) is 4.31 Å². The fraction of sp³-hybridized carbons (Fsp3) is 0.556. The Morgan fingerprint density at radius 2 is 1.76 bits per heavy atom. The minimum Gasteiger partial charge on any atom is -0.353 e. The fourth-order valence-corrected chi connectivity index (χ4v) is 4.41. The zero-order valence-electron chi connectivity index (χ0n) is 15.0. The maximum absolute atomic E-state index is 12.8. The molecule has 1 fully saturated rings. The highest BCUT2D eigenvalue weighted by Crippen LogP contribution is 2.22. The number of nitrogens with one attached hydrogen (secondary N) is 1. The minimum atomic E-state index is -3.50. The van der Waals surface area contributed by atoms with Crippen LogP contribution in [0.1, 0.15) is 43.7 Å². The highest BCUT2D eigenvalue weighted by atomic mass is 32.2. The summed E-state index contributed by atoms with van der Waals surface area (Å²) in [6, 6.07) is 5.14. The van der Waals surface area contributed by atoms with Crippen molar-refractivity contribution in [1.82, 2.24) is 9.62 Å². The van der Waals surface area contributed by atoms with Crippen LogP contribution in [0.2, 0.25) is 0 Å². The molecule has 1 amide bonds. The van der Waals surface area contributed by atoms with Crippen LogP contribution in [0, 0.1) is 13.8 Å². The lowest BCUT2D eigenvalue weighted by Gasteiger charge is -2.31. The summed E-state index contributed by atoms with van der Waals surface area (Å²) in [6.07, 6.45) is 1.59. The van der Waals surface area contributed by atoms with Crippen molar-refractivity contribution < 1.29 is 18.0 Å². The molecular weight excluding hydrogens is 340 g/mol. The van der Waals surface area contributed by atoms with Gasteiger partial charge in [-0.25, -0.2) is 8.42 Å². The first-order chi connectivity index (χ1) is 11.7. The van der Waals surface area contributed by atoms with E-state index in [0.717, 1.165) is 11.1 Å². The van der Waals surface area contributed by atoms with Gasteiger partial charge in [0.25, 0.3) is 0 Å². The van der Waals surface area contributed by atoms with Crippen molar-refractivity contribution in [2.45, 2.75) is 57.4 Å². The Balaban J connectivity index is 1.93. The molecule has 7 heteroatoms. The molecule has 1 aromatic rings. The maximum atomic E-state index is 12.8. The predicted octanol–water partition coefficient (Wildman–Crippen LogP) is 1.94. The lowest BCUT2D eigenvalue weighted by Crippen LogP contribution is -2.46. The largest absolute Gasteiger partial charge is 0.353 e. The van der Waals surface area contributed by atoms with Gasteiger partial charge in [0.05, 0.1) is 4.90 Å². The van der Waals surface area contributed by atoms with Crippen molar-refractivity contribution in [2.75, 3.05) is 13.1 Å². The first kappa shape index (κ1) is 19.6. The molecule has 0 aliphatic carbocycles. The number of rotatable bonds is 6. The van der Waals surface area contributed by atoms with E-state index in [9.17, 15) is 18.0 Å². The second kappa shape index (κ2) is 8.10. The van der Waals surface area contributed by atoms with Crippen molar-refractivity contribution in [3.63, 3.8) is 0 Å². The number of hydrogen-bond acceptors (Lipinski definition) is 4. The first-order valence-corrected chi connectivity index (χ1v) is 10.0. The molecule has 0 saturated carbocycles. The Bertz CT molecular complexity index is 750. The van der Waals surface area contributed by atoms with E-state index in [-0.39, 0.29) is 30.6 Å². The van der Waals surface area contributed by atoms with E-state index >= 15 is 0 Å². The number of sulfonamides is 1. The second-order valence-electron chi connectivity index (χ2n) is 6.69. The zero-order valence-corrected chi connectivity index (χ0v) is 15.9. The van der Waals surface area contributed by atoms with E-state index in [1.54, 1.807) is 12.1 Å². The standard InChI is InChI=1S/C18H26N2O4S/c1-13-4-6-17(12-14(13)2)25(23,24)20-10-8-16(9-11-20)19-18(22)7-5-15(3)21/h4,6,12,16H,5,7-11H2,1-3H3,(H,19,22). The Morgan fingerprint density at radius 1 is 1.12 bits per heavy atom. The van der Waals surface area contributed by atoms with Gasteiger partial charge in [-0.3, -0.25) is 4.79 Å². The van der Waals surface area contributed by atoms with Gasteiger partial charge < -0.3 is 10.1 Å². The van der Waals surface area contributed by atoms with Crippen molar-refractivity contribution in [3.8, 4) is 0 Å². The van der Waals surface area contributed by atoms with Crippen LogP contribution in [0.3, 0.4) is 0 Å². The third-order valence-corrected chi connectivity index (χ3v) is 6.53. The van der Waals surface area contributed by atoms with E-state index in [0.29, 0.717) is 30.8 Å². The van der Waals surface area contributed by atoms with E-state index in [2.05, 4.69) is 5.32 Å². The molecule has 1 saturated heterocycles. The molecule has 0 aromatic heterocycles. The van der Waals surface area contributed by atoms with Gasteiger partial charge in [-0.05, 0) is 56.9 Å². The number of Topliss-reactive ketones (excluding diaryl/α,β-unsaturated/α-hetero) is 1. The van der Waals surface area contributed by atoms with Crippen LogP contribution in [-0.4, -0.2) is 43.5 Å². The summed E-state index contributed by atoms with van der Waals surface area (Å²) in [5.74, 6) is -0.157. The lowest BCUT2D eigenvalue weighted by molar-refractivity contribution is -0.125. The molecule has 25 heavy (non-hydrogen) atoms. The van der Waals surface area contributed by atoms with Crippen LogP contribution < -0.4 is 5.32 Å². The quantitative estimate of drug-likeness (QED) is 0.834. The van der Waals surface area contributed by atoms with Gasteiger partial charge in [0.15, 0.2) is 0 Å². The predicted molar refractivity (Wildman–Crippen MR) is 95.8 cm³/mol. The summed E-state index contributed by atoms with van der Waals surface area (Å²) in [6.45, 7) is 6.08. The molecule has 0 spiro atoms. The summed E-state index contributed by atoms with van der Waals surface area (Å²) in [5, 5.41) is 2.89. The van der Waals surface area contributed by atoms with Gasteiger partial charge in [-0.15, -0.1) is 0 Å².